The summed E-state index contributed by atoms with van der Waals surface area (Å²) < 4.78 is 7.07. The normalized spacial score (nSPS) is 10.8. The SMILES string of the molecule is Cc1cccc(CNC(=O)c2nc(-c3nc(Nc4ccnn4C)ncc3C)co2)c1. The van der Waals surface area contributed by atoms with Crippen molar-refractivity contribution < 1.29 is 9.21 Å². The van der Waals surface area contributed by atoms with Gasteiger partial charge in [0.2, 0.25) is 5.95 Å². The van der Waals surface area contributed by atoms with Crippen LogP contribution in [0.3, 0.4) is 0 Å². The summed E-state index contributed by atoms with van der Waals surface area (Å²) in [6, 6.07) is 9.75. The largest absolute Gasteiger partial charge is 0.440 e. The Morgan fingerprint density at radius 3 is 2.83 bits per heavy atom. The quantitative estimate of drug-likeness (QED) is 0.509. The Balaban J connectivity index is 1.49. The minimum Gasteiger partial charge on any atom is -0.440 e. The molecule has 4 rings (SSSR count). The van der Waals surface area contributed by atoms with E-state index in [4.69, 9.17) is 4.42 Å². The average Bonchev–Trinajstić information content (AvgIpc) is 3.37. The van der Waals surface area contributed by atoms with Gasteiger partial charge in [0.25, 0.3) is 5.89 Å². The van der Waals surface area contributed by atoms with Crippen LogP contribution in [-0.2, 0) is 13.6 Å². The zero-order valence-electron chi connectivity index (χ0n) is 16.9. The predicted molar refractivity (Wildman–Crippen MR) is 111 cm³/mol. The minimum absolute atomic E-state index is 0.0168. The van der Waals surface area contributed by atoms with Gasteiger partial charge in [-0.2, -0.15) is 5.10 Å². The van der Waals surface area contributed by atoms with Gasteiger partial charge in [-0.25, -0.2) is 15.0 Å². The molecular weight excluding hydrogens is 382 g/mol. The molecule has 1 amide bonds. The number of oxazole rings is 1. The lowest BCUT2D eigenvalue weighted by molar-refractivity contribution is 0.0916. The lowest BCUT2D eigenvalue weighted by Gasteiger charge is -2.07. The third kappa shape index (κ3) is 4.19. The summed E-state index contributed by atoms with van der Waals surface area (Å²) >= 11 is 0. The molecule has 0 saturated carbocycles. The van der Waals surface area contributed by atoms with Crippen LogP contribution >= 0.6 is 0 Å². The van der Waals surface area contributed by atoms with Crippen molar-refractivity contribution in [1.82, 2.24) is 30.0 Å². The Morgan fingerprint density at radius 1 is 1.20 bits per heavy atom. The van der Waals surface area contributed by atoms with Crippen LogP contribution < -0.4 is 10.6 Å². The van der Waals surface area contributed by atoms with Crippen LogP contribution in [-0.4, -0.2) is 30.6 Å². The highest BCUT2D eigenvalue weighted by molar-refractivity contribution is 5.90. The smallest absolute Gasteiger partial charge is 0.307 e. The van der Waals surface area contributed by atoms with Gasteiger partial charge in [-0.1, -0.05) is 29.8 Å². The summed E-state index contributed by atoms with van der Waals surface area (Å²) in [5.74, 6) is 0.744. The maximum absolute atomic E-state index is 12.4. The molecule has 0 aliphatic carbocycles. The van der Waals surface area contributed by atoms with E-state index >= 15 is 0 Å². The molecular formula is C21H21N7O2. The predicted octanol–water partition coefficient (Wildman–Crippen LogP) is 3.16. The number of hydrogen-bond donors (Lipinski definition) is 2. The Morgan fingerprint density at radius 2 is 2.07 bits per heavy atom. The fourth-order valence-corrected chi connectivity index (χ4v) is 2.94. The number of benzene rings is 1. The van der Waals surface area contributed by atoms with Crippen molar-refractivity contribution in [2.45, 2.75) is 20.4 Å². The van der Waals surface area contributed by atoms with Crippen molar-refractivity contribution in [2.75, 3.05) is 5.32 Å². The van der Waals surface area contributed by atoms with E-state index in [2.05, 4.69) is 30.7 Å². The third-order valence-corrected chi connectivity index (χ3v) is 4.51. The van der Waals surface area contributed by atoms with Crippen LogP contribution in [0.1, 0.15) is 27.4 Å². The van der Waals surface area contributed by atoms with Crippen molar-refractivity contribution in [1.29, 1.82) is 0 Å². The van der Waals surface area contributed by atoms with Gasteiger partial charge in [0, 0.05) is 25.9 Å². The van der Waals surface area contributed by atoms with E-state index in [-0.39, 0.29) is 11.8 Å². The second-order valence-corrected chi connectivity index (χ2v) is 6.90. The monoisotopic (exact) mass is 403 g/mol. The molecule has 0 atom stereocenters. The number of anilines is 2. The number of rotatable bonds is 6. The van der Waals surface area contributed by atoms with Gasteiger partial charge in [-0.15, -0.1) is 0 Å². The first-order chi connectivity index (χ1) is 14.5. The van der Waals surface area contributed by atoms with Crippen LogP contribution in [0.5, 0.6) is 0 Å². The summed E-state index contributed by atoms with van der Waals surface area (Å²) in [5.41, 5.74) is 3.99. The topological polar surface area (TPSA) is 111 Å². The van der Waals surface area contributed by atoms with E-state index in [9.17, 15) is 4.79 Å². The molecule has 0 radical (unpaired) electrons. The van der Waals surface area contributed by atoms with Crippen molar-refractivity contribution in [3.05, 3.63) is 71.6 Å². The number of carbonyl (C=O) groups is 1. The number of hydrogen-bond acceptors (Lipinski definition) is 7. The van der Waals surface area contributed by atoms with Crippen molar-refractivity contribution in [3.8, 4) is 11.4 Å². The van der Waals surface area contributed by atoms with Crippen LogP contribution in [0.15, 0.2) is 53.4 Å². The molecule has 0 bridgehead atoms. The molecule has 0 spiro atoms. The molecule has 30 heavy (non-hydrogen) atoms. The fourth-order valence-electron chi connectivity index (χ4n) is 2.94. The van der Waals surface area contributed by atoms with Crippen molar-refractivity contribution >= 4 is 17.7 Å². The van der Waals surface area contributed by atoms with E-state index in [0.717, 1.165) is 22.5 Å². The Labute approximate surface area is 173 Å². The van der Waals surface area contributed by atoms with E-state index in [1.165, 1.54) is 6.26 Å². The van der Waals surface area contributed by atoms with Gasteiger partial charge in [-0.05, 0) is 25.0 Å². The van der Waals surface area contributed by atoms with Crippen LogP contribution in [0.2, 0.25) is 0 Å². The second kappa shape index (κ2) is 8.16. The maximum Gasteiger partial charge on any atom is 0.307 e. The van der Waals surface area contributed by atoms with Gasteiger partial charge in [-0.3, -0.25) is 9.48 Å². The summed E-state index contributed by atoms with van der Waals surface area (Å²) in [7, 11) is 1.82. The van der Waals surface area contributed by atoms with E-state index in [1.54, 1.807) is 17.1 Å². The van der Waals surface area contributed by atoms with E-state index in [0.29, 0.717) is 23.9 Å². The minimum atomic E-state index is -0.386. The Hall–Kier alpha value is -4.01. The summed E-state index contributed by atoms with van der Waals surface area (Å²) in [5, 5.41) is 10.0. The van der Waals surface area contributed by atoms with Gasteiger partial charge < -0.3 is 15.1 Å². The molecule has 9 heteroatoms. The molecule has 0 aliphatic rings. The zero-order valence-corrected chi connectivity index (χ0v) is 16.9. The second-order valence-electron chi connectivity index (χ2n) is 6.90. The molecule has 3 aromatic heterocycles. The fraction of sp³-hybridized carbons (Fsp3) is 0.190. The van der Waals surface area contributed by atoms with Crippen LogP contribution in [0, 0.1) is 13.8 Å². The van der Waals surface area contributed by atoms with Crippen molar-refractivity contribution in [2.24, 2.45) is 7.05 Å². The van der Waals surface area contributed by atoms with Gasteiger partial charge in [0.05, 0.1) is 6.20 Å². The highest BCUT2D eigenvalue weighted by Crippen LogP contribution is 2.22. The van der Waals surface area contributed by atoms with Gasteiger partial charge in [0.15, 0.2) is 0 Å². The number of aryl methyl sites for hydroxylation is 3. The van der Waals surface area contributed by atoms with Crippen LogP contribution in [0.25, 0.3) is 11.4 Å². The molecule has 3 heterocycles. The molecule has 4 aromatic rings. The lowest BCUT2D eigenvalue weighted by atomic mass is 10.1. The molecule has 1 aromatic carbocycles. The van der Waals surface area contributed by atoms with Crippen LogP contribution in [0.4, 0.5) is 11.8 Å². The number of nitrogens with zero attached hydrogens (tertiary/aromatic N) is 5. The number of carbonyl (C=O) groups excluding carboxylic acids is 1. The van der Waals surface area contributed by atoms with Gasteiger partial charge in [0.1, 0.15) is 23.5 Å². The first kappa shape index (κ1) is 19.3. The standard InChI is InChI=1S/C21H21N7O2/c1-13-5-4-6-15(9-13)11-22-19(29)20-25-16(12-30-20)18-14(2)10-23-21(27-18)26-17-7-8-24-28(17)3/h4-10,12H,11H2,1-3H3,(H,22,29)(H,23,26,27). The Bertz CT molecular complexity index is 1200. The summed E-state index contributed by atoms with van der Waals surface area (Å²) in [6.07, 6.45) is 4.79. The molecule has 0 saturated heterocycles. The number of amides is 1. The summed E-state index contributed by atoms with van der Waals surface area (Å²) in [6.45, 7) is 4.27. The first-order valence-electron chi connectivity index (χ1n) is 9.38. The maximum atomic E-state index is 12.4. The zero-order chi connectivity index (χ0) is 21.1. The molecule has 0 aliphatic heterocycles. The summed E-state index contributed by atoms with van der Waals surface area (Å²) in [4.78, 5) is 25.5. The highest BCUT2D eigenvalue weighted by atomic mass is 16.4. The molecule has 2 N–H and O–H groups in total. The highest BCUT2D eigenvalue weighted by Gasteiger charge is 2.17. The lowest BCUT2D eigenvalue weighted by Crippen LogP contribution is -2.23. The van der Waals surface area contributed by atoms with E-state index < -0.39 is 0 Å². The number of aromatic nitrogens is 5. The average molecular weight is 403 g/mol. The molecule has 9 nitrogen and oxygen atoms in total. The first-order valence-corrected chi connectivity index (χ1v) is 9.38. The molecule has 0 fully saturated rings. The van der Waals surface area contributed by atoms with E-state index in [1.807, 2.05) is 51.2 Å². The third-order valence-electron chi connectivity index (χ3n) is 4.51. The van der Waals surface area contributed by atoms with Gasteiger partial charge >= 0.3 is 5.91 Å². The number of nitrogens with one attached hydrogen (secondary N) is 2. The molecule has 152 valence electrons. The Kier molecular flexibility index (Phi) is 5.25. The molecule has 0 unspecified atom stereocenters. The van der Waals surface area contributed by atoms with Crippen molar-refractivity contribution in [3.63, 3.8) is 0 Å².